The summed E-state index contributed by atoms with van der Waals surface area (Å²) in [5.41, 5.74) is 0. The number of rotatable bonds is 5. The second-order valence-corrected chi connectivity index (χ2v) is 5.03. The first kappa shape index (κ1) is 12.6. The highest BCUT2D eigenvalue weighted by atomic mass is 32.2. The first-order valence-corrected chi connectivity index (χ1v) is 6.62. The third-order valence-electron chi connectivity index (χ3n) is 2.52. The van der Waals surface area contributed by atoms with E-state index in [9.17, 15) is 4.79 Å². The lowest BCUT2D eigenvalue weighted by molar-refractivity contribution is -0.122. The van der Waals surface area contributed by atoms with Gasteiger partial charge >= 0.3 is 0 Å². The average Bonchev–Trinajstić information content (AvgIpc) is 2.27. The van der Waals surface area contributed by atoms with Crippen LogP contribution in [0.4, 0.5) is 0 Å². The molecule has 15 heavy (non-hydrogen) atoms. The highest BCUT2D eigenvalue weighted by Crippen LogP contribution is 2.17. The van der Waals surface area contributed by atoms with Crippen LogP contribution in [-0.2, 0) is 4.79 Å². The lowest BCUT2D eigenvalue weighted by atomic mass is 10.1. The largest absolute Gasteiger partial charge is 0.351 e. The van der Waals surface area contributed by atoms with Crippen LogP contribution >= 0.6 is 11.8 Å². The van der Waals surface area contributed by atoms with Crippen molar-refractivity contribution in [3.8, 4) is 0 Å². The van der Waals surface area contributed by atoms with Gasteiger partial charge in [-0.15, -0.1) is 6.58 Å². The minimum absolute atomic E-state index is 0.0631. The van der Waals surface area contributed by atoms with Crippen molar-refractivity contribution < 1.29 is 4.79 Å². The molecule has 1 heterocycles. The second-order valence-electron chi connectivity index (χ2n) is 3.81. The van der Waals surface area contributed by atoms with E-state index in [1.54, 1.807) is 6.08 Å². The summed E-state index contributed by atoms with van der Waals surface area (Å²) in [5.74, 6) is 2.48. The molecule has 1 rings (SSSR count). The van der Waals surface area contributed by atoms with E-state index in [2.05, 4.69) is 17.2 Å². The predicted octanol–water partition coefficient (Wildman–Crippen LogP) is 1.16. The third kappa shape index (κ3) is 4.71. The van der Waals surface area contributed by atoms with Gasteiger partial charge in [0.2, 0.25) is 5.91 Å². The van der Waals surface area contributed by atoms with Crippen molar-refractivity contribution in [1.29, 1.82) is 0 Å². The normalized spacial score (nSPS) is 19.5. The molecule has 0 aliphatic carbocycles. The van der Waals surface area contributed by atoms with E-state index in [0.29, 0.717) is 12.6 Å². The Morgan fingerprint density at radius 2 is 2.27 bits per heavy atom. The number of thioether (sulfide) groups is 1. The van der Waals surface area contributed by atoms with E-state index in [4.69, 9.17) is 0 Å². The predicted molar refractivity (Wildman–Crippen MR) is 66.2 cm³/mol. The summed E-state index contributed by atoms with van der Waals surface area (Å²) in [7, 11) is 0. The monoisotopic (exact) mass is 228 g/mol. The number of hydrogen-bond donors (Lipinski definition) is 2. The van der Waals surface area contributed by atoms with E-state index in [1.807, 2.05) is 18.7 Å². The van der Waals surface area contributed by atoms with Crippen LogP contribution in [0.25, 0.3) is 0 Å². The maximum absolute atomic E-state index is 11.5. The molecular formula is C11H20N2OS. The molecular weight excluding hydrogens is 208 g/mol. The van der Waals surface area contributed by atoms with Gasteiger partial charge in [-0.1, -0.05) is 6.08 Å². The summed E-state index contributed by atoms with van der Waals surface area (Å²) >= 11 is 1.99. The highest BCUT2D eigenvalue weighted by Gasteiger charge is 2.19. The number of carbonyl (C=O) groups is 1. The molecule has 0 radical (unpaired) electrons. The summed E-state index contributed by atoms with van der Waals surface area (Å²) < 4.78 is 0. The molecule has 3 nitrogen and oxygen atoms in total. The van der Waals surface area contributed by atoms with Crippen molar-refractivity contribution in [2.45, 2.75) is 31.8 Å². The molecule has 0 bridgehead atoms. The Kier molecular flexibility index (Phi) is 5.79. The maximum atomic E-state index is 11.5. The van der Waals surface area contributed by atoms with Crippen LogP contribution in [0.3, 0.4) is 0 Å². The summed E-state index contributed by atoms with van der Waals surface area (Å²) in [6, 6.07) is 0.411. The van der Waals surface area contributed by atoms with Crippen molar-refractivity contribution in [3.63, 3.8) is 0 Å². The van der Waals surface area contributed by atoms with Gasteiger partial charge in [0.25, 0.3) is 0 Å². The molecule has 1 fully saturated rings. The Bertz CT molecular complexity index is 215. The van der Waals surface area contributed by atoms with E-state index >= 15 is 0 Å². The van der Waals surface area contributed by atoms with Gasteiger partial charge in [0.1, 0.15) is 0 Å². The molecule has 0 aromatic rings. The fourth-order valence-electron chi connectivity index (χ4n) is 1.62. The summed E-state index contributed by atoms with van der Waals surface area (Å²) in [6.07, 6.45) is 4.04. The molecule has 0 aromatic carbocycles. The summed E-state index contributed by atoms with van der Waals surface area (Å²) in [5, 5.41) is 6.16. The maximum Gasteiger partial charge on any atom is 0.237 e. The van der Waals surface area contributed by atoms with Gasteiger partial charge < -0.3 is 10.6 Å². The molecule has 1 atom stereocenters. The molecule has 0 saturated carbocycles. The Labute approximate surface area is 96.1 Å². The standard InChI is InChI=1S/C11H20N2OS/c1-3-6-12-11(14)9(2)13-10-4-7-15-8-5-10/h3,9-10,13H,1,4-8H2,2H3,(H,12,14). The Hall–Kier alpha value is -0.480. The van der Waals surface area contributed by atoms with Gasteiger partial charge in [0, 0.05) is 12.6 Å². The van der Waals surface area contributed by atoms with Gasteiger partial charge in [-0.05, 0) is 31.3 Å². The topological polar surface area (TPSA) is 41.1 Å². The van der Waals surface area contributed by atoms with Gasteiger partial charge in [0.15, 0.2) is 0 Å². The van der Waals surface area contributed by atoms with Crippen LogP contribution in [-0.4, -0.2) is 36.0 Å². The van der Waals surface area contributed by atoms with Gasteiger partial charge in [-0.25, -0.2) is 0 Å². The lowest BCUT2D eigenvalue weighted by Crippen LogP contribution is -2.47. The minimum atomic E-state index is -0.0990. The SMILES string of the molecule is C=CCNC(=O)C(C)NC1CCSCC1. The lowest BCUT2D eigenvalue weighted by Gasteiger charge is -2.25. The highest BCUT2D eigenvalue weighted by molar-refractivity contribution is 7.99. The van der Waals surface area contributed by atoms with Crippen molar-refractivity contribution in [3.05, 3.63) is 12.7 Å². The first-order valence-electron chi connectivity index (χ1n) is 5.46. The molecule has 1 amide bonds. The van der Waals surface area contributed by atoms with Crippen LogP contribution < -0.4 is 10.6 Å². The smallest absolute Gasteiger partial charge is 0.237 e. The molecule has 1 unspecified atom stereocenters. The van der Waals surface area contributed by atoms with E-state index in [0.717, 1.165) is 0 Å². The first-order chi connectivity index (χ1) is 7.24. The van der Waals surface area contributed by atoms with Crippen molar-refractivity contribution in [2.75, 3.05) is 18.1 Å². The van der Waals surface area contributed by atoms with Crippen molar-refractivity contribution >= 4 is 17.7 Å². The van der Waals surface area contributed by atoms with Crippen LogP contribution in [0.1, 0.15) is 19.8 Å². The van der Waals surface area contributed by atoms with Crippen LogP contribution in [0.5, 0.6) is 0 Å². The summed E-state index contributed by atoms with van der Waals surface area (Å²) in [4.78, 5) is 11.5. The van der Waals surface area contributed by atoms with Crippen LogP contribution in [0, 0.1) is 0 Å². The van der Waals surface area contributed by atoms with E-state index in [1.165, 1.54) is 24.3 Å². The van der Waals surface area contributed by atoms with E-state index in [-0.39, 0.29) is 11.9 Å². The molecule has 0 spiro atoms. The molecule has 86 valence electrons. The molecule has 2 N–H and O–H groups in total. The van der Waals surface area contributed by atoms with Crippen molar-refractivity contribution in [1.82, 2.24) is 10.6 Å². The second kappa shape index (κ2) is 6.90. The Balaban J connectivity index is 2.23. The zero-order chi connectivity index (χ0) is 11.1. The number of hydrogen-bond acceptors (Lipinski definition) is 3. The Morgan fingerprint density at radius 3 is 2.87 bits per heavy atom. The quantitative estimate of drug-likeness (QED) is 0.694. The van der Waals surface area contributed by atoms with E-state index < -0.39 is 0 Å². The fraction of sp³-hybridized carbons (Fsp3) is 0.727. The van der Waals surface area contributed by atoms with Gasteiger partial charge in [0.05, 0.1) is 6.04 Å². The van der Waals surface area contributed by atoms with Crippen molar-refractivity contribution in [2.24, 2.45) is 0 Å². The Morgan fingerprint density at radius 1 is 1.60 bits per heavy atom. The molecule has 1 aliphatic rings. The van der Waals surface area contributed by atoms with Crippen LogP contribution in [0.15, 0.2) is 12.7 Å². The number of carbonyl (C=O) groups excluding carboxylic acids is 1. The van der Waals surface area contributed by atoms with Crippen LogP contribution in [0.2, 0.25) is 0 Å². The molecule has 0 aromatic heterocycles. The summed E-state index contributed by atoms with van der Waals surface area (Å²) in [6.45, 7) is 6.03. The third-order valence-corrected chi connectivity index (χ3v) is 3.57. The van der Waals surface area contributed by atoms with Gasteiger partial charge in [-0.2, -0.15) is 11.8 Å². The van der Waals surface area contributed by atoms with Gasteiger partial charge in [-0.3, -0.25) is 4.79 Å². The number of amides is 1. The minimum Gasteiger partial charge on any atom is -0.351 e. The fourth-order valence-corrected chi connectivity index (χ4v) is 2.73. The molecule has 1 saturated heterocycles. The number of nitrogens with one attached hydrogen (secondary N) is 2. The zero-order valence-electron chi connectivity index (χ0n) is 9.29. The average molecular weight is 228 g/mol. The zero-order valence-corrected chi connectivity index (χ0v) is 10.1. The molecule has 1 aliphatic heterocycles. The molecule has 4 heteroatoms.